The van der Waals surface area contributed by atoms with Crippen molar-refractivity contribution in [3.63, 3.8) is 0 Å². The maximum Gasteiger partial charge on any atom is 0.460 e. The summed E-state index contributed by atoms with van der Waals surface area (Å²) in [5, 5.41) is 18.3. The molecular formula is C16H18F15NO4. The Labute approximate surface area is 191 Å². The lowest BCUT2D eigenvalue weighted by atomic mass is 9.91. The maximum absolute atomic E-state index is 13.6. The highest BCUT2D eigenvalue weighted by Crippen LogP contribution is 2.62. The second-order valence-corrected chi connectivity index (χ2v) is 7.17. The molecule has 1 amide bonds. The molecule has 0 fully saturated rings. The van der Waals surface area contributed by atoms with Gasteiger partial charge in [0, 0.05) is 13.2 Å². The van der Waals surface area contributed by atoms with Crippen LogP contribution in [0.25, 0.3) is 0 Å². The Kier molecular flexibility index (Phi) is 10.8. The van der Waals surface area contributed by atoms with Crippen molar-refractivity contribution in [1.29, 1.82) is 0 Å². The van der Waals surface area contributed by atoms with Crippen molar-refractivity contribution in [2.45, 2.75) is 67.1 Å². The third-order valence-electron chi connectivity index (χ3n) is 4.38. The molecule has 216 valence electrons. The molecule has 3 N–H and O–H groups in total. The van der Waals surface area contributed by atoms with Gasteiger partial charge in [-0.3, -0.25) is 4.79 Å². The first-order valence-corrected chi connectivity index (χ1v) is 9.36. The normalized spacial score (nSPS) is 15.7. The van der Waals surface area contributed by atoms with E-state index < -0.39 is 66.9 Å². The Balaban J connectivity index is 5.45. The maximum atomic E-state index is 13.6. The van der Waals surface area contributed by atoms with E-state index in [1.807, 2.05) is 0 Å². The van der Waals surface area contributed by atoms with Crippen LogP contribution in [-0.2, 0) is 9.53 Å². The van der Waals surface area contributed by atoms with Crippen molar-refractivity contribution in [1.82, 2.24) is 5.32 Å². The molecule has 0 aliphatic rings. The molecule has 0 spiro atoms. The van der Waals surface area contributed by atoms with E-state index in [2.05, 4.69) is 0 Å². The first-order valence-electron chi connectivity index (χ1n) is 9.36. The molecule has 0 saturated heterocycles. The summed E-state index contributed by atoms with van der Waals surface area (Å²) >= 11 is 0. The molecule has 0 aliphatic carbocycles. The van der Waals surface area contributed by atoms with Crippen LogP contribution in [0.4, 0.5) is 65.9 Å². The van der Waals surface area contributed by atoms with Crippen molar-refractivity contribution in [2.75, 3.05) is 26.4 Å². The Bertz CT molecular complexity index is 727. The predicted molar refractivity (Wildman–Crippen MR) is 86.5 cm³/mol. The Morgan fingerprint density at radius 3 is 1.58 bits per heavy atom. The van der Waals surface area contributed by atoms with Gasteiger partial charge in [-0.15, -0.1) is 0 Å². The van der Waals surface area contributed by atoms with E-state index in [0.717, 1.165) is 5.32 Å². The molecule has 1 atom stereocenters. The molecule has 0 aromatic carbocycles. The number of unbranched alkanes of at least 4 members (excludes halogenated alkanes) is 2. The molecular weight excluding hydrogens is 555 g/mol. The fourth-order valence-electron chi connectivity index (χ4n) is 2.20. The van der Waals surface area contributed by atoms with Gasteiger partial charge in [0.15, 0.2) is 0 Å². The number of halogens is 15. The lowest BCUT2D eigenvalue weighted by molar-refractivity contribution is -0.449. The Morgan fingerprint density at radius 2 is 1.14 bits per heavy atom. The highest BCUT2D eigenvalue weighted by molar-refractivity contribution is 5.84. The lowest BCUT2D eigenvalue weighted by Gasteiger charge is -2.41. The molecule has 0 heterocycles. The van der Waals surface area contributed by atoms with E-state index in [4.69, 9.17) is 14.9 Å². The number of carbonyl (C=O) groups excluding carboxylic acids is 1. The summed E-state index contributed by atoms with van der Waals surface area (Å²) in [5.74, 6) is -51.5. The van der Waals surface area contributed by atoms with Gasteiger partial charge in [-0.25, -0.2) is 0 Å². The number of nitrogens with one attached hydrogen (secondary N) is 1. The van der Waals surface area contributed by atoms with Gasteiger partial charge in [0.1, 0.15) is 6.10 Å². The molecule has 0 radical (unpaired) electrons. The predicted octanol–water partition coefficient (Wildman–Crippen LogP) is 4.02. The highest BCUT2D eigenvalue weighted by atomic mass is 19.4. The van der Waals surface area contributed by atoms with Crippen LogP contribution in [0.1, 0.15) is 19.3 Å². The van der Waals surface area contributed by atoms with Gasteiger partial charge in [-0.05, 0) is 19.3 Å². The molecule has 0 aromatic heterocycles. The Morgan fingerprint density at radius 1 is 0.694 bits per heavy atom. The lowest BCUT2D eigenvalue weighted by Crippen LogP contribution is -2.74. The number of hydrogen-bond donors (Lipinski definition) is 3. The Hall–Kier alpha value is -1.70. The van der Waals surface area contributed by atoms with Gasteiger partial charge >= 0.3 is 41.7 Å². The topological polar surface area (TPSA) is 78.8 Å². The number of hydrogen-bond acceptors (Lipinski definition) is 4. The third kappa shape index (κ3) is 6.22. The van der Waals surface area contributed by atoms with Crippen molar-refractivity contribution in [3.8, 4) is 0 Å². The smallest absolute Gasteiger partial charge is 0.394 e. The van der Waals surface area contributed by atoms with Crippen LogP contribution in [0.5, 0.6) is 0 Å². The molecule has 1 unspecified atom stereocenters. The zero-order valence-electron chi connectivity index (χ0n) is 17.4. The minimum absolute atomic E-state index is 0.0511. The van der Waals surface area contributed by atoms with Crippen LogP contribution in [0, 0.1) is 0 Å². The summed E-state index contributed by atoms with van der Waals surface area (Å²) < 4.78 is 201. The molecule has 0 bridgehead atoms. The molecule has 36 heavy (non-hydrogen) atoms. The van der Waals surface area contributed by atoms with Crippen LogP contribution < -0.4 is 5.32 Å². The first-order chi connectivity index (χ1) is 15.9. The minimum Gasteiger partial charge on any atom is -0.394 e. The van der Waals surface area contributed by atoms with Gasteiger partial charge < -0.3 is 20.3 Å². The standard InChI is InChI=1S/C16H18F15NO4/c17-10(18,9(35)32-4-2-1-3-5-36-7-8(34)6-33)11(19,20)12(21,22)13(23,24)14(25,26)15(27,28)16(29,30)31/h8,33-34H,1-7H2,(H,32,35). The average Bonchev–Trinajstić information content (AvgIpc) is 2.73. The zero-order chi connectivity index (χ0) is 29.0. The molecule has 5 nitrogen and oxygen atoms in total. The first kappa shape index (κ1) is 34.3. The van der Waals surface area contributed by atoms with Crippen LogP contribution in [0.15, 0.2) is 0 Å². The van der Waals surface area contributed by atoms with E-state index in [9.17, 15) is 70.7 Å². The van der Waals surface area contributed by atoms with Gasteiger partial charge in [0.25, 0.3) is 5.91 Å². The van der Waals surface area contributed by atoms with Gasteiger partial charge in [0.2, 0.25) is 0 Å². The van der Waals surface area contributed by atoms with E-state index in [0.29, 0.717) is 0 Å². The van der Waals surface area contributed by atoms with E-state index in [1.165, 1.54) is 0 Å². The zero-order valence-corrected chi connectivity index (χ0v) is 17.4. The minimum atomic E-state index is -8.45. The number of carbonyl (C=O) groups is 1. The van der Waals surface area contributed by atoms with Crippen LogP contribution in [0.3, 0.4) is 0 Å². The number of amides is 1. The number of alkyl halides is 15. The fourth-order valence-corrected chi connectivity index (χ4v) is 2.20. The number of rotatable bonds is 15. The molecule has 0 saturated carbocycles. The van der Waals surface area contributed by atoms with Crippen LogP contribution in [0.2, 0.25) is 0 Å². The SMILES string of the molecule is O=C(NCCCCCOCC(O)CO)C(F)(F)C(F)(F)C(F)(F)C(F)(F)C(F)(F)C(F)(F)C(F)(F)F. The fraction of sp³-hybridized carbons (Fsp3) is 0.938. The number of ether oxygens (including phenoxy) is 1. The number of aliphatic hydroxyl groups excluding tert-OH is 2. The van der Waals surface area contributed by atoms with Gasteiger partial charge in [0.05, 0.1) is 13.2 Å². The monoisotopic (exact) mass is 573 g/mol. The van der Waals surface area contributed by atoms with E-state index in [1.54, 1.807) is 0 Å². The summed E-state index contributed by atoms with van der Waals surface area (Å²) in [4.78, 5) is 11.2. The third-order valence-corrected chi connectivity index (χ3v) is 4.38. The second kappa shape index (κ2) is 11.4. The highest BCUT2D eigenvalue weighted by Gasteiger charge is 2.94. The van der Waals surface area contributed by atoms with E-state index >= 15 is 0 Å². The molecule has 0 aliphatic heterocycles. The summed E-state index contributed by atoms with van der Waals surface area (Å²) in [6.07, 6.45) is -9.28. The van der Waals surface area contributed by atoms with Crippen molar-refractivity contribution < 1.29 is 85.6 Å². The summed E-state index contributed by atoms with van der Waals surface area (Å²) in [5.41, 5.74) is 0. The molecule has 0 aromatic rings. The average molecular weight is 573 g/mol. The summed E-state index contributed by atoms with van der Waals surface area (Å²) in [6, 6.07) is 0. The van der Waals surface area contributed by atoms with Gasteiger partial charge in [-0.1, -0.05) is 0 Å². The van der Waals surface area contributed by atoms with Crippen molar-refractivity contribution in [3.05, 3.63) is 0 Å². The van der Waals surface area contributed by atoms with Crippen LogP contribution in [-0.4, -0.2) is 90.3 Å². The largest absolute Gasteiger partial charge is 0.460 e. The molecule has 20 heteroatoms. The summed E-state index contributed by atoms with van der Waals surface area (Å²) in [6.45, 7) is -2.09. The van der Waals surface area contributed by atoms with Crippen LogP contribution >= 0.6 is 0 Å². The quantitative estimate of drug-likeness (QED) is 0.205. The van der Waals surface area contributed by atoms with Crippen molar-refractivity contribution in [2.24, 2.45) is 0 Å². The number of aliphatic hydroxyl groups is 2. The van der Waals surface area contributed by atoms with Crippen molar-refractivity contribution >= 4 is 5.91 Å². The van der Waals surface area contributed by atoms with Gasteiger partial charge in [-0.2, -0.15) is 65.9 Å². The summed E-state index contributed by atoms with van der Waals surface area (Å²) in [7, 11) is 0. The molecule has 0 rings (SSSR count). The second-order valence-electron chi connectivity index (χ2n) is 7.17. The van der Waals surface area contributed by atoms with E-state index in [-0.39, 0.29) is 32.5 Å².